The third-order valence-corrected chi connectivity index (χ3v) is 2.06. The van der Waals surface area contributed by atoms with Crippen molar-refractivity contribution < 1.29 is 0 Å². The summed E-state index contributed by atoms with van der Waals surface area (Å²) in [6.07, 6.45) is 6.78. The molecule has 0 spiro atoms. The van der Waals surface area contributed by atoms with Gasteiger partial charge in [-0.2, -0.15) is 5.10 Å². The SMILES string of the molecule is Nc1cnc(Cn2cc(Br)cn2)cn1. The van der Waals surface area contributed by atoms with Gasteiger partial charge >= 0.3 is 0 Å². The first-order chi connectivity index (χ1) is 6.74. The van der Waals surface area contributed by atoms with Crippen molar-refractivity contribution in [2.75, 3.05) is 5.73 Å². The zero-order valence-corrected chi connectivity index (χ0v) is 8.85. The normalized spacial score (nSPS) is 10.4. The van der Waals surface area contributed by atoms with Crippen LogP contribution in [0.1, 0.15) is 5.69 Å². The Hall–Kier alpha value is -1.43. The van der Waals surface area contributed by atoms with Gasteiger partial charge in [0.1, 0.15) is 5.82 Å². The second-order valence-corrected chi connectivity index (χ2v) is 3.70. The lowest BCUT2D eigenvalue weighted by Crippen LogP contribution is -2.03. The predicted molar refractivity (Wildman–Crippen MR) is 55.5 cm³/mol. The third-order valence-electron chi connectivity index (χ3n) is 1.65. The molecule has 0 fully saturated rings. The number of nitrogen functional groups attached to an aromatic ring is 1. The molecule has 2 heterocycles. The van der Waals surface area contributed by atoms with E-state index in [0.29, 0.717) is 12.4 Å². The van der Waals surface area contributed by atoms with E-state index in [-0.39, 0.29) is 0 Å². The number of halogens is 1. The van der Waals surface area contributed by atoms with Crippen molar-refractivity contribution in [3.63, 3.8) is 0 Å². The van der Waals surface area contributed by atoms with Crippen molar-refractivity contribution in [2.45, 2.75) is 6.54 Å². The molecule has 0 atom stereocenters. The average molecular weight is 254 g/mol. The van der Waals surface area contributed by atoms with Gasteiger partial charge in [-0.3, -0.25) is 9.67 Å². The summed E-state index contributed by atoms with van der Waals surface area (Å²) in [5.41, 5.74) is 6.25. The molecule has 0 saturated heterocycles. The van der Waals surface area contributed by atoms with Gasteiger partial charge in [-0.05, 0) is 15.9 Å². The van der Waals surface area contributed by atoms with E-state index >= 15 is 0 Å². The van der Waals surface area contributed by atoms with Crippen LogP contribution >= 0.6 is 15.9 Å². The zero-order valence-electron chi connectivity index (χ0n) is 7.26. The lowest BCUT2D eigenvalue weighted by molar-refractivity contribution is 0.670. The van der Waals surface area contributed by atoms with Crippen LogP contribution in [0.3, 0.4) is 0 Å². The summed E-state index contributed by atoms with van der Waals surface area (Å²) in [6.45, 7) is 0.596. The van der Waals surface area contributed by atoms with Crippen LogP contribution in [-0.4, -0.2) is 19.7 Å². The Bertz CT molecular complexity index is 422. The van der Waals surface area contributed by atoms with Crippen molar-refractivity contribution in [3.8, 4) is 0 Å². The molecule has 0 aromatic carbocycles. The van der Waals surface area contributed by atoms with E-state index in [0.717, 1.165) is 10.2 Å². The van der Waals surface area contributed by atoms with Crippen molar-refractivity contribution in [1.29, 1.82) is 0 Å². The van der Waals surface area contributed by atoms with Gasteiger partial charge in [0.15, 0.2) is 0 Å². The third kappa shape index (κ3) is 2.08. The first-order valence-electron chi connectivity index (χ1n) is 3.98. The molecule has 2 aromatic heterocycles. The molecule has 0 aliphatic rings. The Labute approximate surface area is 89.1 Å². The van der Waals surface area contributed by atoms with Crippen LogP contribution in [0.5, 0.6) is 0 Å². The van der Waals surface area contributed by atoms with Gasteiger partial charge in [-0.1, -0.05) is 0 Å². The molecule has 0 aliphatic carbocycles. The molecule has 6 heteroatoms. The van der Waals surface area contributed by atoms with Gasteiger partial charge in [0.25, 0.3) is 0 Å². The molecule has 72 valence electrons. The Morgan fingerprint density at radius 3 is 2.71 bits per heavy atom. The Morgan fingerprint density at radius 2 is 2.14 bits per heavy atom. The first-order valence-corrected chi connectivity index (χ1v) is 4.78. The zero-order chi connectivity index (χ0) is 9.97. The molecule has 2 aromatic rings. The van der Waals surface area contributed by atoms with Gasteiger partial charge in [0, 0.05) is 6.20 Å². The van der Waals surface area contributed by atoms with E-state index in [1.165, 1.54) is 6.20 Å². The molecule has 0 saturated carbocycles. The van der Waals surface area contributed by atoms with E-state index in [1.54, 1.807) is 17.1 Å². The van der Waals surface area contributed by atoms with E-state index in [2.05, 4.69) is 31.0 Å². The highest BCUT2D eigenvalue weighted by Gasteiger charge is 1.98. The van der Waals surface area contributed by atoms with Crippen LogP contribution in [0.4, 0.5) is 5.82 Å². The number of hydrogen-bond acceptors (Lipinski definition) is 4. The summed E-state index contributed by atoms with van der Waals surface area (Å²) >= 11 is 3.32. The Morgan fingerprint density at radius 1 is 1.29 bits per heavy atom. The van der Waals surface area contributed by atoms with Crippen LogP contribution in [0, 0.1) is 0 Å². The van der Waals surface area contributed by atoms with Crippen LogP contribution in [0.15, 0.2) is 29.3 Å². The quantitative estimate of drug-likeness (QED) is 0.870. The monoisotopic (exact) mass is 253 g/mol. The van der Waals surface area contributed by atoms with E-state index in [1.807, 2.05) is 6.20 Å². The predicted octanol–water partition coefficient (Wildman–Crippen LogP) is 1.07. The maximum Gasteiger partial charge on any atom is 0.141 e. The summed E-state index contributed by atoms with van der Waals surface area (Å²) in [4.78, 5) is 8.06. The molecule has 14 heavy (non-hydrogen) atoms. The second kappa shape index (κ2) is 3.75. The van der Waals surface area contributed by atoms with Gasteiger partial charge in [-0.25, -0.2) is 4.98 Å². The number of hydrogen-bond donors (Lipinski definition) is 1. The lowest BCUT2D eigenvalue weighted by Gasteiger charge is -1.99. The number of nitrogens with zero attached hydrogens (tertiary/aromatic N) is 4. The smallest absolute Gasteiger partial charge is 0.141 e. The molecule has 0 aliphatic heterocycles. The van der Waals surface area contributed by atoms with Crippen LogP contribution in [0.25, 0.3) is 0 Å². The highest BCUT2D eigenvalue weighted by atomic mass is 79.9. The standard InChI is InChI=1S/C8H8BrN5/c9-6-1-13-14(4-6)5-7-2-12-8(10)3-11-7/h1-4H,5H2,(H2,10,12). The first kappa shape index (κ1) is 9.14. The van der Waals surface area contributed by atoms with Crippen LogP contribution in [-0.2, 0) is 6.54 Å². The summed E-state index contributed by atoms with van der Waals surface area (Å²) in [5, 5.41) is 4.10. The maximum atomic E-state index is 5.42. The molecule has 0 amide bonds. The molecular weight excluding hydrogens is 246 g/mol. The average Bonchev–Trinajstić information content (AvgIpc) is 2.56. The van der Waals surface area contributed by atoms with Crippen molar-refractivity contribution >= 4 is 21.7 Å². The summed E-state index contributed by atoms with van der Waals surface area (Å²) < 4.78 is 2.71. The molecule has 0 bridgehead atoms. The number of aromatic nitrogens is 4. The fourth-order valence-corrected chi connectivity index (χ4v) is 1.37. The lowest BCUT2D eigenvalue weighted by atomic mass is 10.4. The summed E-state index contributed by atoms with van der Waals surface area (Å²) in [5.74, 6) is 0.426. The van der Waals surface area contributed by atoms with Gasteiger partial charge < -0.3 is 5.73 Å². The highest BCUT2D eigenvalue weighted by Crippen LogP contribution is 2.07. The van der Waals surface area contributed by atoms with Gasteiger partial charge in [0.05, 0.1) is 35.3 Å². The Kier molecular flexibility index (Phi) is 2.45. The minimum absolute atomic E-state index is 0.426. The minimum atomic E-state index is 0.426. The molecular formula is C8H8BrN5. The van der Waals surface area contributed by atoms with Crippen LogP contribution < -0.4 is 5.73 Å². The minimum Gasteiger partial charge on any atom is -0.382 e. The maximum absolute atomic E-state index is 5.42. The number of nitrogens with two attached hydrogens (primary N) is 1. The van der Waals surface area contributed by atoms with Crippen LogP contribution in [0.2, 0.25) is 0 Å². The molecule has 0 unspecified atom stereocenters. The topological polar surface area (TPSA) is 69.6 Å². The highest BCUT2D eigenvalue weighted by molar-refractivity contribution is 9.10. The van der Waals surface area contributed by atoms with Gasteiger partial charge in [0.2, 0.25) is 0 Å². The molecule has 0 radical (unpaired) electrons. The van der Waals surface area contributed by atoms with E-state index in [9.17, 15) is 0 Å². The molecule has 5 nitrogen and oxygen atoms in total. The van der Waals surface area contributed by atoms with E-state index in [4.69, 9.17) is 5.73 Å². The van der Waals surface area contributed by atoms with E-state index < -0.39 is 0 Å². The fourth-order valence-electron chi connectivity index (χ4n) is 1.04. The second-order valence-electron chi connectivity index (χ2n) is 2.79. The van der Waals surface area contributed by atoms with Crippen molar-refractivity contribution in [1.82, 2.24) is 19.7 Å². The fraction of sp³-hybridized carbons (Fsp3) is 0.125. The summed E-state index contributed by atoms with van der Waals surface area (Å²) in [6, 6.07) is 0. The molecule has 2 N–H and O–H groups in total. The van der Waals surface area contributed by atoms with Crippen molar-refractivity contribution in [3.05, 3.63) is 35.0 Å². The van der Waals surface area contributed by atoms with Crippen molar-refractivity contribution in [2.24, 2.45) is 0 Å². The summed E-state index contributed by atoms with van der Waals surface area (Å²) in [7, 11) is 0. The Balaban J connectivity index is 2.15. The molecule has 2 rings (SSSR count). The largest absolute Gasteiger partial charge is 0.382 e. The van der Waals surface area contributed by atoms with Gasteiger partial charge in [-0.15, -0.1) is 0 Å². The number of rotatable bonds is 2. The number of anilines is 1.